The summed E-state index contributed by atoms with van der Waals surface area (Å²) in [5.74, 6) is -0.852. The summed E-state index contributed by atoms with van der Waals surface area (Å²) >= 11 is 0. The zero-order chi connectivity index (χ0) is 22.8. The maximum absolute atomic E-state index is 12.9. The second-order valence-electron chi connectivity index (χ2n) is 7.13. The Labute approximate surface area is 188 Å². The topological polar surface area (TPSA) is 73.9 Å². The minimum atomic E-state index is -0.867. The molecule has 32 heavy (non-hydrogen) atoms. The van der Waals surface area contributed by atoms with E-state index < -0.39 is 24.3 Å². The highest BCUT2D eigenvalue weighted by Crippen LogP contribution is 2.24. The van der Waals surface area contributed by atoms with Crippen LogP contribution in [0.3, 0.4) is 0 Å². The van der Waals surface area contributed by atoms with Gasteiger partial charge in [-0.05, 0) is 16.7 Å². The molecule has 0 radical (unpaired) electrons. The summed E-state index contributed by atoms with van der Waals surface area (Å²) in [6.07, 6.45) is -2.32. The molecule has 3 aromatic carbocycles. The molecule has 0 spiro atoms. The maximum Gasteiger partial charge on any atom is 0.340 e. The molecule has 0 aliphatic heterocycles. The van der Waals surface area contributed by atoms with Crippen LogP contribution in [0.2, 0.25) is 0 Å². The van der Waals surface area contributed by atoms with E-state index in [4.69, 9.17) is 14.2 Å². The average molecular weight is 434 g/mol. The fraction of sp³-hybridized carbons (Fsp3) is 0.231. The van der Waals surface area contributed by atoms with Crippen molar-refractivity contribution in [1.82, 2.24) is 5.32 Å². The van der Waals surface area contributed by atoms with Gasteiger partial charge in [0.05, 0.1) is 6.54 Å². The van der Waals surface area contributed by atoms with Crippen molar-refractivity contribution in [2.24, 2.45) is 0 Å². The van der Waals surface area contributed by atoms with Gasteiger partial charge in [0.2, 0.25) is 0 Å². The van der Waals surface area contributed by atoms with Crippen LogP contribution >= 0.6 is 0 Å². The van der Waals surface area contributed by atoms with Crippen molar-refractivity contribution in [1.29, 1.82) is 0 Å². The van der Waals surface area contributed by atoms with E-state index in [0.29, 0.717) is 5.56 Å². The molecule has 0 aliphatic carbocycles. The second-order valence-corrected chi connectivity index (χ2v) is 7.13. The third-order valence-electron chi connectivity index (χ3n) is 5.02. The first-order chi connectivity index (χ1) is 15.6. The standard InChI is InChI=1S/C26H27NO5/c1-30-23(20-14-8-4-9-15-20)25(28)27-18-22(19-12-6-3-7-13-19)32-26(29)24(31-2)21-16-10-5-11-17-21/h3-17,22-24H,18H2,1-2H3,(H,27,28)/t22-,23?,24?/m0/s1. The van der Waals surface area contributed by atoms with Crippen molar-refractivity contribution in [3.63, 3.8) is 0 Å². The highest BCUT2D eigenvalue weighted by atomic mass is 16.6. The molecule has 0 fully saturated rings. The van der Waals surface area contributed by atoms with Gasteiger partial charge in [-0.1, -0.05) is 91.0 Å². The van der Waals surface area contributed by atoms with Gasteiger partial charge in [0.25, 0.3) is 5.91 Å². The van der Waals surface area contributed by atoms with Crippen LogP contribution in [0.4, 0.5) is 0 Å². The van der Waals surface area contributed by atoms with Gasteiger partial charge in [0, 0.05) is 14.2 Å². The van der Waals surface area contributed by atoms with Crippen LogP contribution in [-0.4, -0.2) is 32.6 Å². The Morgan fingerprint density at radius 2 is 1.12 bits per heavy atom. The summed E-state index contributed by atoms with van der Waals surface area (Å²) in [6, 6.07) is 27.6. The molecule has 6 heteroatoms. The Kier molecular flexibility index (Phi) is 8.54. The van der Waals surface area contributed by atoms with Crippen molar-refractivity contribution in [3.8, 4) is 0 Å². The van der Waals surface area contributed by atoms with Gasteiger partial charge in [0.1, 0.15) is 6.10 Å². The molecule has 2 unspecified atom stereocenters. The normalized spacial score (nSPS) is 13.6. The zero-order valence-corrected chi connectivity index (χ0v) is 18.1. The first-order valence-corrected chi connectivity index (χ1v) is 10.3. The minimum Gasteiger partial charge on any atom is -0.453 e. The summed E-state index contributed by atoms with van der Waals surface area (Å²) in [6.45, 7) is 0.0898. The van der Waals surface area contributed by atoms with Crippen molar-refractivity contribution in [3.05, 3.63) is 108 Å². The summed E-state index contributed by atoms with van der Waals surface area (Å²) in [7, 11) is 2.94. The van der Waals surface area contributed by atoms with E-state index in [1.54, 1.807) is 12.1 Å². The smallest absolute Gasteiger partial charge is 0.340 e. The molecule has 0 aliphatic rings. The molecule has 0 aromatic heterocycles. The molecule has 3 rings (SSSR count). The monoisotopic (exact) mass is 433 g/mol. The predicted octanol–water partition coefficient (Wildman–Crippen LogP) is 4.16. The van der Waals surface area contributed by atoms with Gasteiger partial charge in [0.15, 0.2) is 12.2 Å². The highest BCUT2D eigenvalue weighted by Gasteiger charge is 2.27. The number of esters is 1. The van der Waals surface area contributed by atoms with Crippen LogP contribution in [0.5, 0.6) is 0 Å². The number of rotatable bonds is 10. The SMILES string of the molecule is COC(C(=O)NC[C@H](OC(=O)C(OC)c1ccccc1)c1ccccc1)c1ccccc1. The van der Waals surface area contributed by atoms with Gasteiger partial charge < -0.3 is 19.5 Å². The van der Waals surface area contributed by atoms with Crippen molar-refractivity contribution < 1.29 is 23.8 Å². The van der Waals surface area contributed by atoms with E-state index in [9.17, 15) is 9.59 Å². The molecule has 166 valence electrons. The fourth-order valence-corrected chi connectivity index (χ4v) is 3.40. The number of hydrogen-bond acceptors (Lipinski definition) is 5. The number of nitrogens with one attached hydrogen (secondary N) is 1. The lowest BCUT2D eigenvalue weighted by Gasteiger charge is -2.23. The van der Waals surface area contributed by atoms with E-state index in [0.717, 1.165) is 11.1 Å². The molecule has 0 saturated carbocycles. The second kappa shape index (κ2) is 11.8. The molecular formula is C26H27NO5. The first-order valence-electron chi connectivity index (χ1n) is 10.3. The lowest BCUT2D eigenvalue weighted by molar-refractivity contribution is -0.162. The van der Waals surface area contributed by atoms with Crippen LogP contribution in [0.1, 0.15) is 35.0 Å². The highest BCUT2D eigenvalue weighted by molar-refractivity contribution is 5.82. The molecule has 6 nitrogen and oxygen atoms in total. The predicted molar refractivity (Wildman–Crippen MR) is 121 cm³/mol. The Hall–Kier alpha value is -3.48. The molecule has 0 heterocycles. The third kappa shape index (κ3) is 6.03. The fourth-order valence-electron chi connectivity index (χ4n) is 3.40. The molecule has 0 bridgehead atoms. The van der Waals surface area contributed by atoms with Gasteiger partial charge in [-0.3, -0.25) is 4.79 Å². The Morgan fingerprint density at radius 1 is 0.688 bits per heavy atom. The Bertz CT molecular complexity index is 979. The van der Waals surface area contributed by atoms with E-state index in [-0.39, 0.29) is 12.5 Å². The van der Waals surface area contributed by atoms with E-state index in [2.05, 4.69) is 5.32 Å². The van der Waals surface area contributed by atoms with Crippen LogP contribution in [0.25, 0.3) is 0 Å². The summed E-state index contributed by atoms with van der Waals surface area (Å²) in [5, 5.41) is 2.85. The number of methoxy groups -OCH3 is 2. The molecule has 1 N–H and O–H groups in total. The number of carbonyl (C=O) groups excluding carboxylic acids is 2. The first kappa shape index (κ1) is 23.2. The molecule has 3 aromatic rings. The quantitative estimate of drug-likeness (QED) is 0.486. The number of carbonyl (C=O) groups is 2. The van der Waals surface area contributed by atoms with Crippen molar-refractivity contribution >= 4 is 11.9 Å². The lowest BCUT2D eigenvalue weighted by atomic mass is 10.1. The molecule has 3 atom stereocenters. The lowest BCUT2D eigenvalue weighted by Crippen LogP contribution is -2.35. The van der Waals surface area contributed by atoms with Gasteiger partial charge in [-0.25, -0.2) is 4.79 Å². The summed E-state index contributed by atoms with van der Waals surface area (Å²) in [4.78, 5) is 25.7. The van der Waals surface area contributed by atoms with E-state index in [1.807, 2.05) is 78.9 Å². The van der Waals surface area contributed by atoms with E-state index >= 15 is 0 Å². The van der Waals surface area contributed by atoms with Crippen LogP contribution in [-0.2, 0) is 23.8 Å². The summed E-state index contributed by atoms with van der Waals surface area (Å²) in [5.41, 5.74) is 2.20. The minimum absolute atomic E-state index is 0.0898. The zero-order valence-electron chi connectivity index (χ0n) is 18.1. The summed E-state index contributed by atoms with van der Waals surface area (Å²) < 4.78 is 16.6. The van der Waals surface area contributed by atoms with Crippen molar-refractivity contribution in [2.45, 2.75) is 18.3 Å². The van der Waals surface area contributed by atoms with Crippen LogP contribution < -0.4 is 5.32 Å². The average Bonchev–Trinajstić information content (AvgIpc) is 2.84. The number of amides is 1. The molecule has 1 amide bonds. The number of benzene rings is 3. The number of ether oxygens (including phenoxy) is 3. The van der Waals surface area contributed by atoms with Gasteiger partial charge in [-0.15, -0.1) is 0 Å². The number of hydrogen-bond donors (Lipinski definition) is 1. The van der Waals surface area contributed by atoms with Gasteiger partial charge in [-0.2, -0.15) is 0 Å². The Balaban J connectivity index is 1.73. The van der Waals surface area contributed by atoms with Crippen molar-refractivity contribution in [2.75, 3.05) is 20.8 Å². The Morgan fingerprint density at radius 3 is 1.59 bits per heavy atom. The molecule has 0 saturated heterocycles. The maximum atomic E-state index is 12.9. The van der Waals surface area contributed by atoms with Crippen LogP contribution in [0.15, 0.2) is 91.0 Å². The molecular weight excluding hydrogens is 406 g/mol. The van der Waals surface area contributed by atoms with E-state index in [1.165, 1.54) is 14.2 Å². The van der Waals surface area contributed by atoms with Crippen LogP contribution in [0, 0.1) is 0 Å². The van der Waals surface area contributed by atoms with Gasteiger partial charge >= 0.3 is 5.97 Å². The third-order valence-corrected chi connectivity index (χ3v) is 5.02. The largest absolute Gasteiger partial charge is 0.453 e.